The molecule has 0 aromatic carbocycles. The average molecular weight is 280 g/mol. The van der Waals surface area contributed by atoms with Crippen LogP contribution in [0.4, 0.5) is 0 Å². The van der Waals surface area contributed by atoms with E-state index in [0.29, 0.717) is 0 Å². The standard InChI is InChI=1S/C13H14ClN3O2/c1-7-4-10(9(3)19-7)8(2)16-13(18)11-5-15-6-12(14)17-11/h4-6,8H,1-3H3,(H,16,18). The first-order valence-electron chi connectivity index (χ1n) is 5.82. The van der Waals surface area contributed by atoms with Crippen molar-refractivity contribution in [2.45, 2.75) is 26.8 Å². The van der Waals surface area contributed by atoms with Gasteiger partial charge in [-0.05, 0) is 26.8 Å². The highest BCUT2D eigenvalue weighted by atomic mass is 35.5. The van der Waals surface area contributed by atoms with Gasteiger partial charge in [-0.25, -0.2) is 4.98 Å². The fraction of sp³-hybridized carbons (Fsp3) is 0.308. The van der Waals surface area contributed by atoms with Crippen LogP contribution in [0.3, 0.4) is 0 Å². The summed E-state index contributed by atoms with van der Waals surface area (Å²) >= 11 is 5.70. The molecule has 1 N–H and O–H groups in total. The molecule has 1 atom stereocenters. The van der Waals surface area contributed by atoms with Gasteiger partial charge in [-0.3, -0.25) is 9.78 Å². The van der Waals surface area contributed by atoms with Crippen molar-refractivity contribution in [1.82, 2.24) is 15.3 Å². The van der Waals surface area contributed by atoms with Crippen LogP contribution in [-0.2, 0) is 0 Å². The van der Waals surface area contributed by atoms with Crippen molar-refractivity contribution in [1.29, 1.82) is 0 Å². The van der Waals surface area contributed by atoms with Crippen molar-refractivity contribution in [3.8, 4) is 0 Å². The SMILES string of the molecule is Cc1cc(C(C)NC(=O)c2cncc(Cl)n2)c(C)o1. The lowest BCUT2D eigenvalue weighted by molar-refractivity contribution is 0.0934. The van der Waals surface area contributed by atoms with Crippen LogP contribution < -0.4 is 5.32 Å². The topological polar surface area (TPSA) is 68.0 Å². The van der Waals surface area contributed by atoms with Crippen LogP contribution in [-0.4, -0.2) is 15.9 Å². The molecule has 0 saturated heterocycles. The lowest BCUT2D eigenvalue weighted by Gasteiger charge is -2.12. The molecule has 0 fully saturated rings. The smallest absolute Gasteiger partial charge is 0.272 e. The third kappa shape index (κ3) is 3.12. The largest absolute Gasteiger partial charge is 0.466 e. The number of rotatable bonds is 3. The van der Waals surface area contributed by atoms with Gasteiger partial charge in [0.05, 0.1) is 18.4 Å². The number of halogens is 1. The summed E-state index contributed by atoms with van der Waals surface area (Å²) in [5.74, 6) is 1.29. The quantitative estimate of drug-likeness (QED) is 0.938. The summed E-state index contributed by atoms with van der Waals surface area (Å²) in [7, 11) is 0. The molecule has 1 amide bonds. The normalized spacial score (nSPS) is 12.2. The molecule has 2 aromatic heterocycles. The second kappa shape index (κ2) is 5.40. The number of nitrogens with one attached hydrogen (secondary N) is 1. The summed E-state index contributed by atoms with van der Waals surface area (Å²) < 4.78 is 5.44. The second-order valence-corrected chi connectivity index (χ2v) is 4.68. The van der Waals surface area contributed by atoms with Gasteiger partial charge in [0.2, 0.25) is 0 Å². The summed E-state index contributed by atoms with van der Waals surface area (Å²) in [5.41, 5.74) is 1.14. The third-order valence-electron chi connectivity index (χ3n) is 2.73. The molecule has 2 heterocycles. The molecule has 0 aliphatic carbocycles. The van der Waals surface area contributed by atoms with E-state index in [-0.39, 0.29) is 22.8 Å². The predicted molar refractivity (Wildman–Crippen MR) is 71.1 cm³/mol. The number of hydrogen-bond donors (Lipinski definition) is 1. The van der Waals surface area contributed by atoms with Crippen molar-refractivity contribution in [3.63, 3.8) is 0 Å². The van der Waals surface area contributed by atoms with Crippen LogP contribution in [0.25, 0.3) is 0 Å². The van der Waals surface area contributed by atoms with Crippen molar-refractivity contribution in [2.75, 3.05) is 0 Å². The Hall–Kier alpha value is -1.88. The first-order chi connectivity index (χ1) is 8.97. The van der Waals surface area contributed by atoms with Crippen LogP contribution >= 0.6 is 11.6 Å². The zero-order valence-electron chi connectivity index (χ0n) is 10.9. The van der Waals surface area contributed by atoms with Gasteiger partial charge in [0.1, 0.15) is 22.4 Å². The molecule has 0 aliphatic heterocycles. The molecular formula is C13H14ClN3O2. The van der Waals surface area contributed by atoms with Crippen molar-refractivity contribution in [3.05, 3.63) is 46.4 Å². The van der Waals surface area contributed by atoms with E-state index in [2.05, 4.69) is 15.3 Å². The van der Waals surface area contributed by atoms with Crippen LogP contribution in [0.15, 0.2) is 22.9 Å². The molecule has 19 heavy (non-hydrogen) atoms. The molecule has 0 radical (unpaired) electrons. The summed E-state index contributed by atoms with van der Waals surface area (Å²) in [6, 6.07) is 1.73. The molecule has 2 aromatic rings. The fourth-order valence-corrected chi connectivity index (χ4v) is 2.03. The lowest BCUT2D eigenvalue weighted by atomic mass is 10.1. The number of hydrogen-bond acceptors (Lipinski definition) is 4. The van der Waals surface area contributed by atoms with Gasteiger partial charge in [0.25, 0.3) is 5.91 Å². The summed E-state index contributed by atoms with van der Waals surface area (Å²) in [5, 5.41) is 3.02. The molecule has 5 nitrogen and oxygen atoms in total. The molecule has 6 heteroatoms. The molecule has 1 unspecified atom stereocenters. The maximum absolute atomic E-state index is 12.0. The zero-order chi connectivity index (χ0) is 14.0. The van der Waals surface area contributed by atoms with E-state index in [4.69, 9.17) is 16.0 Å². The van der Waals surface area contributed by atoms with E-state index in [9.17, 15) is 4.79 Å². The minimum Gasteiger partial charge on any atom is -0.466 e. The molecule has 2 rings (SSSR count). The first kappa shape index (κ1) is 13.5. The molecule has 0 spiro atoms. The predicted octanol–water partition coefficient (Wildman–Crippen LogP) is 2.83. The van der Waals surface area contributed by atoms with Gasteiger partial charge in [0, 0.05) is 5.56 Å². The molecule has 0 aliphatic rings. The highest BCUT2D eigenvalue weighted by Gasteiger charge is 2.17. The minimum atomic E-state index is -0.319. The molecule has 0 saturated carbocycles. The maximum Gasteiger partial charge on any atom is 0.272 e. The van der Waals surface area contributed by atoms with E-state index in [0.717, 1.165) is 17.1 Å². The van der Waals surface area contributed by atoms with Gasteiger partial charge in [-0.2, -0.15) is 0 Å². The van der Waals surface area contributed by atoms with Gasteiger partial charge >= 0.3 is 0 Å². The van der Waals surface area contributed by atoms with Gasteiger partial charge in [-0.1, -0.05) is 11.6 Å². The number of carbonyl (C=O) groups excluding carboxylic acids is 1. The van der Waals surface area contributed by atoms with E-state index in [1.54, 1.807) is 0 Å². The summed E-state index contributed by atoms with van der Waals surface area (Å²) in [4.78, 5) is 19.7. The lowest BCUT2D eigenvalue weighted by Crippen LogP contribution is -2.27. The Morgan fingerprint density at radius 2 is 2.16 bits per heavy atom. The number of furan rings is 1. The van der Waals surface area contributed by atoms with Crippen molar-refractivity contribution >= 4 is 17.5 Å². The van der Waals surface area contributed by atoms with Gasteiger partial charge in [-0.15, -0.1) is 0 Å². The summed E-state index contributed by atoms with van der Waals surface area (Å²) in [6.45, 7) is 5.62. The number of aromatic nitrogens is 2. The maximum atomic E-state index is 12.0. The van der Waals surface area contributed by atoms with E-state index in [1.165, 1.54) is 12.4 Å². The Balaban J connectivity index is 2.13. The highest BCUT2D eigenvalue weighted by Crippen LogP contribution is 2.21. The number of nitrogens with zero attached hydrogens (tertiary/aromatic N) is 2. The van der Waals surface area contributed by atoms with Crippen molar-refractivity contribution in [2.24, 2.45) is 0 Å². The Morgan fingerprint density at radius 1 is 1.42 bits per heavy atom. The van der Waals surface area contributed by atoms with Crippen molar-refractivity contribution < 1.29 is 9.21 Å². The van der Waals surface area contributed by atoms with E-state index in [1.807, 2.05) is 26.8 Å². The highest BCUT2D eigenvalue weighted by molar-refractivity contribution is 6.29. The van der Waals surface area contributed by atoms with E-state index >= 15 is 0 Å². The van der Waals surface area contributed by atoms with Gasteiger partial charge in [0.15, 0.2) is 0 Å². The number of amides is 1. The Labute approximate surface area is 116 Å². The van der Waals surface area contributed by atoms with Crippen LogP contribution in [0.1, 0.15) is 40.5 Å². The minimum absolute atomic E-state index is 0.175. The third-order valence-corrected chi connectivity index (χ3v) is 2.91. The fourth-order valence-electron chi connectivity index (χ4n) is 1.88. The Bertz CT molecular complexity index is 610. The number of aryl methyl sites for hydroxylation is 2. The average Bonchev–Trinajstić information content (AvgIpc) is 2.68. The first-order valence-corrected chi connectivity index (χ1v) is 6.20. The van der Waals surface area contributed by atoms with E-state index < -0.39 is 0 Å². The van der Waals surface area contributed by atoms with Crippen LogP contribution in [0.5, 0.6) is 0 Å². The Kier molecular flexibility index (Phi) is 3.85. The Morgan fingerprint density at radius 3 is 2.74 bits per heavy atom. The monoisotopic (exact) mass is 279 g/mol. The van der Waals surface area contributed by atoms with Crippen LogP contribution in [0.2, 0.25) is 5.15 Å². The second-order valence-electron chi connectivity index (χ2n) is 4.29. The summed E-state index contributed by atoms with van der Waals surface area (Å²) in [6.07, 6.45) is 2.76. The van der Waals surface area contributed by atoms with Gasteiger partial charge < -0.3 is 9.73 Å². The molecule has 100 valence electrons. The zero-order valence-corrected chi connectivity index (χ0v) is 11.7. The molecule has 0 bridgehead atoms. The molecular weight excluding hydrogens is 266 g/mol. The van der Waals surface area contributed by atoms with Crippen LogP contribution in [0, 0.1) is 13.8 Å². The number of carbonyl (C=O) groups is 1.